The van der Waals surface area contributed by atoms with Crippen molar-refractivity contribution in [3.05, 3.63) is 22.2 Å². The predicted molar refractivity (Wildman–Crippen MR) is 63.8 cm³/mol. The van der Waals surface area contributed by atoms with Crippen molar-refractivity contribution in [2.45, 2.75) is 4.90 Å². The third kappa shape index (κ3) is 1.83. The molecule has 0 aromatic heterocycles. The van der Waals surface area contributed by atoms with E-state index in [2.05, 4.69) is 15.0 Å². The van der Waals surface area contributed by atoms with Crippen LogP contribution in [0.5, 0.6) is 0 Å². The molecule has 0 aliphatic carbocycles. The van der Waals surface area contributed by atoms with Crippen LogP contribution in [0, 0.1) is 0 Å². The summed E-state index contributed by atoms with van der Waals surface area (Å²) >= 11 is 11.6. The normalized spacial score (nSPS) is 19.8. The molecule has 0 atom stereocenters. The van der Waals surface area contributed by atoms with E-state index in [9.17, 15) is 8.42 Å². The quantitative estimate of drug-likeness (QED) is 0.759. The number of hydrogen-bond acceptors (Lipinski definition) is 3. The van der Waals surface area contributed by atoms with Gasteiger partial charge in [0.25, 0.3) is 10.0 Å². The Morgan fingerprint density at radius 2 is 2.00 bits per heavy atom. The maximum atomic E-state index is 11.8. The third-order valence-electron chi connectivity index (χ3n) is 1.98. The van der Waals surface area contributed by atoms with Gasteiger partial charge in [-0.1, -0.05) is 23.2 Å². The van der Waals surface area contributed by atoms with Crippen molar-refractivity contribution in [2.75, 3.05) is 12.4 Å². The molecule has 0 amide bonds. The lowest BCUT2D eigenvalue weighted by atomic mass is 10.3. The van der Waals surface area contributed by atoms with Crippen molar-refractivity contribution in [1.29, 1.82) is 0 Å². The molecule has 0 spiro atoms. The Bertz CT molecular complexity index is 583. The monoisotopic (exact) mass is 279 g/mol. The van der Waals surface area contributed by atoms with Gasteiger partial charge in [-0.05, 0) is 12.1 Å². The molecule has 0 fully saturated rings. The molecule has 0 saturated carbocycles. The van der Waals surface area contributed by atoms with Crippen LogP contribution in [0.4, 0.5) is 5.69 Å². The van der Waals surface area contributed by atoms with Crippen LogP contribution in [0.15, 0.2) is 22.0 Å². The summed E-state index contributed by atoms with van der Waals surface area (Å²) in [7, 11) is -2.22. The van der Waals surface area contributed by atoms with Crippen LogP contribution in [0.2, 0.25) is 10.0 Å². The number of rotatable bonds is 0. The predicted octanol–water partition coefficient (Wildman–Crippen LogP) is 1.68. The van der Waals surface area contributed by atoms with Crippen molar-refractivity contribution in [3.63, 3.8) is 0 Å². The van der Waals surface area contributed by atoms with Crippen LogP contribution in [-0.2, 0) is 10.0 Å². The highest BCUT2D eigenvalue weighted by molar-refractivity contribution is 7.90. The van der Waals surface area contributed by atoms with Gasteiger partial charge in [-0.15, -0.1) is 0 Å². The van der Waals surface area contributed by atoms with Gasteiger partial charge in [0.15, 0.2) is 0 Å². The molecule has 1 aromatic carbocycles. The molecule has 1 aliphatic rings. The van der Waals surface area contributed by atoms with Crippen LogP contribution in [0.1, 0.15) is 0 Å². The van der Waals surface area contributed by atoms with E-state index >= 15 is 0 Å². The zero-order valence-corrected chi connectivity index (χ0v) is 10.4. The summed E-state index contributed by atoms with van der Waals surface area (Å²) in [6.07, 6.45) is 0. The van der Waals surface area contributed by atoms with Crippen LogP contribution in [-0.4, -0.2) is 21.4 Å². The molecule has 86 valence electrons. The average Bonchev–Trinajstić information content (AvgIpc) is 2.13. The Kier molecular flexibility index (Phi) is 2.73. The van der Waals surface area contributed by atoms with E-state index in [1.54, 1.807) is 0 Å². The summed E-state index contributed by atoms with van der Waals surface area (Å²) in [4.78, 5) is 3.71. The molecule has 0 unspecified atom stereocenters. The van der Waals surface area contributed by atoms with Crippen molar-refractivity contribution < 1.29 is 8.42 Å². The standard InChI is InChI=1S/C8H7Cl2N3O2S/c1-11-8-12-6-3-4(9)2-5(10)7(6)16(14,15)13-8/h2-3H,1H3,(H2,11,12,13). The molecule has 1 heterocycles. The Hall–Kier alpha value is -0.980. The minimum atomic E-state index is -3.68. The SMILES string of the molecule is CN=C1Nc2cc(Cl)cc(Cl)c2S(=O)(=O)N1. The van der Waals surface area contributed by atoms with Crippen molar-refractivity contribution in [3.8, 4) is 0 Å². The lowest BCUT2D eigenvalue weighted by molar-refractivity contribution is 0.592. The Morgan fingerprint density at radius 1 is 1.31 bits per heavy atom. The van der Waals surface area contributed by atoms with Crippen molar-refractivity contribution in [1.82, 2.24) is 4.72 Å². The molecular weight excluding hydrogens is 273 g/mol. The van der Waals surface area contributed by atoms with Crippen molar-refractivity contribution >= 4 is 44.9 Å². The summed E-state index contributed by atoms with van der Waals surface area (Å²) in [5.74, 6) is 0.130. The molecule has 5 nitrogen and oxygen atoms in total. The number of halogens is 2. The largest absolute Gasteiger partial charge is 0.324 e. The van der Waals surface area contributed by atoms with Gasteiger partial charge in [-0.25, -0.2) is 13.1 Å². The fourth-order valence-electron chi connectivity index (χ4n) is 1.36. The topological polar surface area (TPSA) is 70.6 Å². The van der Waals surface area contributed by atoms with Crippen LogP contribution >= 0.6 is 23.2 Å². The Labute approximate surface area is 103 Å². The van der Waals surface area contributed by atoms with Gasteiger partial charge in [0.2, 0.25) is 5.96 Å². The van der Waals surface area contributed by atoms with Crippen LogP contribution < -0.4 is 10.0 Å². The number of sulfonamides is 1. The van der Waals surface area contributed by atoms with E-state index in [1.807, 2.05) is 0 Å². The molecule has 16 heavy (non-hydrogen) atoms. The van der Waals surface area contributed by atoms with E-state index in [4.69, 9.17) is 23.2 Å². The maximum Gasteiger partial charge on any atom is 0.267 e. The van der Waals surface area contributed by atoms with Gasteiger partial charge >= 0.3 is 0 Å². The fourth-order valence-corrected chi connectivity index (χ4v) is 3.37. The number of guanidine groups is 1. The third-order valence-corrected chi connectivity index (χ3v) is 4.05. The summed E-state index contributed by atoms with van der Waals surface area (Å²) in [6.45, 7) is 0. The van der Waals surface area contributed by atoms with E-state index in [0.29, 0.717) is 10.7 Å². The Balaban J connectivity index is 2.74. The first-order valence-corrected chi connectivity index (χ1v) is 6.43. The molecule has 2 N–H and O–H groups in total. The first-order chi connectivity index (χ1) is 7.44. The molecule has 0 saturated heterocycles. The smallest absolute Gasteiger partial charge is 0.267 e. The first-order valence-electron chi connectivity index (χ1n) is 4.20. The lowest BCUT2D eigenvalue weighted by Gasteiger charge is -2.22. The summed E-state index contributed by atoms with van der Waals surface area (Å²) < 4.78 is 25.9. The van der Waals surface area contributed by atoms with Crippen LogP contribution in [0.25, 0.3) is 0 Å². The van der Waals surface area contributed by atoms with Gasteiger partial charge < -0.3 is 5.32 Å². The molecule has 1 aliphatic heterocycles. The second kappa shape index (κ2) is 3.80. The minimum absolute atomic E-state index is 0.0223. The molecule has 0 bridgehead atoms. The number of aliphatic imine (C=N–C) groups is 1. The van der Waals surface area contributed by atoms with E-state index in [-0.39, 0.29) is 15.9 Å². The number of hydrogen-bond donors (Lipinski definition) is 2. The van der Waals surface area contributed by atoms with Gasteiger partial charge in [-0.2, -0.15) is 0 Å². The van der Waals surface area contributed by atoms with E-state index in [1.165, 1.54) is 19.2 Å². The van der Waals surface area contributed by atoms with E-state index < -0.39 is 10.0 Å². The number of nitrogens with one attached hydrogen (secondary N) is 2. The first kappa shape index (κ1) is 11.5. The summed E-state index contributed by atoms with van der Waals surface area (Å²) in [5, 5.41) is 3.19. The number of benzene rings is 1. The van der Waals surface area contributed by atoms with Gasteiger partial charge in [0.05, 0.1) is 10.7 Å². The molecule has 2 rings (SSSR count). The summed E-state index contributed by atoms with van der Waals surface area (Å²) in [5.41, 5.74) is 0.317. The molecule has 0 radical (unpaired) electrons. The van der Waals surface area contributed by atoms with Crippen molar-refractivity contribution in [2.24, 2.45) is 4.99 Å². The van der Waals surface area contributed by atoms with Crippen LogP contribution in [0.3, 0.4) is 0 Å². The van der Waals surface area contributed by atoms with Gasteiger partial charge in [0.1, 0.15) is 4.90 Å². The maximum absolute atomic E-state index is 11.8. The Morgan fingerprint density at radius 3 is 2.62 bits per heavy atom. The lowest BCUT2D eigenvalue weighted by Crippen LogP contribution is -2.40. The van der Waals surface area contributed by atoms with E-state index in [0.717, 1.165) is 0 Å². The molecular formula is C8H7Cl2N3O2S. The second-order valence-corrected chi connectivity index (χ2v) is 5.53. The second-order valence-electron chi connectivity index (χ2n) is 3.07. The number of anilines is 1. The summed E-state index contributed by atoms with van der Waals surface area (Å²) in [6, 6.07) is 2.85. The zero-order chi connectivity index (χ0) is 11.9. The van der Waals surface area contributed by atoms with Gasteiger partial charge in [-0.3, -0.25) is 4.99 Å². The highest BCUT2D eigenvalue weighted by atomic mass is 35.5. The molecule has 8 heteroatoms. The minimum Gasteiger partial charge on any atom is -0.324 e. The average molecular weight is 280 g/mol. The molecule has 1 aromatic rings. The van der Waals surface area contributed by atoms with Gasteiger partial charge in [0, 0.05) is 12.1 Å². The number of fused-ring (bicyclic) bond motifs is 1. The number of nitrogens with zero attached hydrogens (tertiary/aromatic N) is 1. The fraction of sp³-hybridized carbons (Fsp3) is 0.125. The zero-order valence-electron chi connectivity index (χ0n) is 8.08. The highest BCUT2D eigenvalue weighted by Crippen LogP contribution is 2.34. The highest BCUT2D eigenvalue weighted by Gasteiger charge is 2.29.